The summed E-state index contributed by atoms with van der Waals surface area (Å²) >= 11 is 6.56. The summed E-state index contributed by atoms with van der Waals surface area (Å²) < 4.78 is 1.04. The molecule has 0 N–H and O–H groups in total. The van der Waals surface area contributed by atoms with Crippen molar-refractivity contribution in [3.05, 3.63) is 50.6 Å². The molecule has 0 radical (unpaired) electrons. The number of halogens is 1. The second-order valence-electron chi connectivity index (χ2n) is 3.58. The zero-order chi connectivity index (χ0) is 12.3. The van der Waals surface area contributed by atoms with E-state index in [0.717, 1.165) is 14.2 Å². The smallest absolute Gasteiger partial charge is 0.182 e. The highest BCUT2D eigenvalue weighted by atomic mass is 79.9. The number of ketones is 1. The van der Waals surface area contributed by atoms with E-state index in [1.165, 1.54) is 4.88 Å². The largest absolute Gasteiger partial charge is 0.292 e. The maximum Gasteiger partial charge on any atom is 0.182 e. The molecule has 0 aliphatic rings. The lowest BCUT2D eigenvalue weighted by Gasteiger charge is -2.00. The number of thiophene rings is 1. The van der Waals surface area contributed by atoms with Crippen LogP contribution in [0.25, 0.3) is 0 Å². The minimum atomic E-state index is 0.202. The maximum atomic E-state index is 11.9. The highest BCUT2D eigenvalue weighted by Gasteiger charge is 2.08. The average Bonchev–Trinajstić information content (AvgIpc) is 2.73. The third-order valence-electron chi connectivity index (χ3n) is 2.18. The van der Waals surface area contributed by atoms with Gasteiger partial charge in [-0.1, -0.05) is 22.0 Å². The van der Waals surface area contributed by atoms with E-state index in [0.29, 0.717) is 5.75 Å². The Bertz CT molecular complexity index is 534. The number of rotatable bonds is 4. The molecule has 88 valence electrons. The molecule has 0 spiro atoms. The van der Waals surface area contributed by atoms with Gasteiger partial charge in [0.1, 0.15) is 0 Å². The predicted molar refractivity (Wildman–Crippen MR) is 78.3 cm³/mol. The lowest BCUT2D eigenvalue weighted by molar-refractivity contribution is 0.102. The zero-order valence-electron chi connectivity index (χ0n) is 9.27. The van der Waals surface area contributed by atoms with E-state index in [4.69, 9.17) is 0 Å². The monoisotopic (exact) mass is 326 g/mol. The number of benzene rings is 1. The normalized spacial score (nSPS) is 10.5. The fourth-order valence-electron chi connectivity index (χ4n) is 1.36. The van der Waals surface area contributed by atoms with E-state index >= 15 is 0 Å². The summed E-state index contributed by atoms with van der Waals surface area (Å²) in [6.07, 6.45) is 0. The van der Waals surface area contributed by atoms with Crippen LogP contribution in [0.1, 0.15) is 14.5 Å². The molecular formula is C13H11BrOS2. The van der Waals surface area contributed by atoms with Crippen LogP contribution in [0.15, 0.2) is 45.8 Å². The molecular weight excluding hydrogens is 316 g/mol. The van der Waals surface area contributed by atoms with E-state index in [1.807, 2.05) is 43.3 Å². The van der Waals surface area contributed by atoms with Gasteiger partial charge in [0.15, 0.2) is 5.78 Å². The lowest BCUT2D eigenvalue weighted by atomic mass is 10.3. The van der Waals surface area contributed by atoms with Gasteiger partial charge in [0, 0.05) is 14.2 Å². The van der Waals surface area contributed by atoms with Crippen molar-refractivity contribution in [1.29, 1.82) is 0 Å². The number of hydrogen-bond donors (Lipinski definition) is 0. The molecule has 0 unspecified atom stereocenters. The van der Waals surface area contributed by atoms with Crippen LogP contribution in [0.2, 0.25) is 0 Å². The molecule has 2 rings (SSSR count). The van der Waals surface area contributed by atoms with Crippen molar-refractivity contribution in [3.8, 4) is 0 Å². The molecule has 17 heavy (non-hydrogen) atoms. The molecule has 0 saturated carbocycles. The van der Waals surface area contributed by atoms with E-state index in [1.54, 1.807) is 23.1 Å². The molecule has 0 atom stereocenters. The molecule has 1 aromatic carbocycles. The van der Waals surface area contributed by atoms with Crippen molar-refractivity contribution in [2.24, 2.45) is 0 Å². The number of hydrogen-bond acceptors (Lipinski definition) is 3. The second kappa shape index (κ2) is 5.85. The van der Waals surface area contributed by atoms with Crippen LogP contribution in [0, 0.1) is 6.92 Å². The van der Waals surface area contributed by atoms with Gasteiger partial charge in [-0.05, 0) is 37.3 Å². The first-order valence-corrected chi connectivity index (χ1v) is 7.72. The van der Waals surface area contributed by atoms with E-state index < -0.39 is 0 Å². The van der Waals surface area contributed by atoms with Gasteiger partial charge in [-0.25, -0.2) is 0 Å². The average molecular weight is 327 g/mol. The van der Waals surface area contributed by atoms with Gasteiger partial charge in [-0.3, -0.25) is 4.79 Å². The Kier molecular flexibility index (Phi) is 4.42. The summed E-state index contributed by atoms with van der Waals surface area (Å²) in [5, 5.41) is 0. The van der Waals surface area contributed by atoms with Crippen molar-refractivity contribution in [2.45, 2.75) is 11.8 Å². The van der Waals surface area contributed by atoms with Crippen LogP contribution in [0.5, 0.6) is 0 Å². The molecule has 4 heteroatoms. The summed E-state index contributed by atoms with van der Waals surface area (Å²) in [6.45, 7) is 2.02. The lowest BCUT2D eigenvalue weighted by Crippen LogP contribution is -1.98. The summed E-state index contributed by atoms with van der Waals surface area (Å²) in [4.78, 5) is 15.0. The summed E-state index contributed by atoms with van der Waals surface area (Å²) in [6, 6.07) is 11.9. The van der Waals surface area contributed by atoms with Gasteiger partial charge >= 0.3 is 0 Å². The quantitative estimate of drug-likeness (QED) is 0.593. The van der Waals surface area contributed by atoms with Crippen molar-refractivity contribution in [2.75, 3.05) is 5.75 Å². The highest BCUT2D eigenvalue weighted by molar-refractivity contribution is 9.10. The maximum absolute atomic E-state index is 11.9. The Labute approximate surface area is 117 Å². The number of carbonyl (C=O) groups excluding carboxylic acids is 1. The van der Waals surface area contributed by atoms with Crippen LogP contribution in [-0.2, 0) is 0 Å². The molecule has 1 nitrogen and oxygen atoms in total. The zero-order valence-corrected chi connectivity index (χ0v) is 12.5. The minimum Gasteiger partial charge on any atom is -0.292 e. The number of thioether (sulfide) groups is 1. The first-order valence-electron chi connectivity index (χ1n) is 5.13. The second-order valence-corrected chi connectivity index (χ2v) is 6.83. The van der Waals surface area contributed by atoms with Crippen LogP contribution in [0.4, 0.5) is 0 Å². The number of Topliss-reactive ketones (excluding diaryl/α,β-unsaturated/α-hetero) is 1. The summed E-state index contributed by atoms with van der Waals surface area (Å²) in [7, 11) is 0. The van der Waals surface area contributed by atoms with Crippen molar-refractivity contribution in [3.63, 3.8) is 0 Å². The van der Waals surface area contributed by atoms with Gasteiger partial charge < -0.3 is 0 Å². The van der Waals surface area contributed by atoms with Crippen molar-refractivity contribution >= 4 is 44.8 Å². The Morgan fingerprint density at radius 3 is 2.82 bits per heavy atom. The fraction of sp³-hybridized carbons (Fsp3) is 0.154. The third kappa shape index (κ3) is 3.69. The first kappa shape index (κ1) is 12.9. The van der Waals surface area contributed by atoms with E-state index in [2.05, 4.69) is 15.9 Å². The molecule has 0 aliphatic heterocycles. The minimum absolute atomic E-state index is 0.202. The van der Waals surface area contributed by atoms with E-state index in [9.17, 15) is 4.79 Å². The molecule has 2 aromatic rings. The number of aryl methyl sites for hydroxylation is 1. The third-order valence-corrected chi connectivity index (χ3v) is 4.71. The van der Waals surface area contributed by atoms with Gasteiger partial charge in [0.2, 0.25) is 0 Å². The summed E-state index contributed by atoms with van der Waals surface area (Å²) in [5.74, 6) is 0.698. The van der Waals surface area contributed by atoms with E-state index in [-0.39, 0.29) is 5.78 Å². The predicted octanol–water partition coefficient (Wildman–Crippen LogP) is 4.79. The fourth-order valence-corrected chi connectivity index (χ4v) is 3.65. The van der Waals surface area contributed by atoms with Gasteiger partial charge in [0.25, 0.3) is 0 Å². The molecule has 0 bridgehead atoms. The molecule has 0 aliphatic carbocycles. The Balaban J connectivity index is 1.97. The first-order chi connectivity index (χ1) is 8.15. The van der Waals surface area contributed by atoms with Crippen LogP contribution < -0.4 is 0 Å². The highest BCUT2D eigenvalue weighted by Crippen LogP contribution is 2.24. The molecule has 0 amide bonds. The topological polar surface area (TPSA) is 17.1 Å². The Morgan fingerprint density at radius 1 is 1.35 bits per heavy atom. The number of carbonyl (C=O) groups is 1. The van der Waals surface area contributed by atoms with Crippen molar-refractivity contribution < 1.29 is 4.79 Å². The van der Waals surface area contributed by atoms with Gasteiger partial charge in [-0.2, -0.15) is 0 Å². The van der Waals surface area contributed by atoms with Crippen LogP contribution >= 0.6 is 39.0 Å². The van der Waals surface area contributed by atoms with Crippen molar-refractivity contribution in [1.82, 2.24) is 0 Å². The SMILES string of the molecule is Cc1ccc(C(=O)CSc2cccc(Br)c2)s1. The molecule has 0 saturated heterocycles. The molecule has 0 fully saturated rings. The molecule has 1 heterocycles. The Hall–Kier alpha value is -0.580. The standard InChI is InChI=1S/C13H11BrOS2/c1-9-5-6-13(17-9)12(15)8-16-11-4-2-3-10(14)7-11/h2-7H,8H2,1H3. The Morgan fingerprint density at radius 2 is 2.18 bits per heavy atom. The van der Waals surface area contributed by atoms with Crippen LogP contribution in [-0.4, -0.2) is 11.5 Å². The van der Waals surface area contributed by atoms with Crippen LogP contribution in [0.3, 0.4) is 0 Å². The summed E-state index contributed by atoms with van der Waals surface area (Å²) in [5.41, 5.74) is 0. The van der Waals surface area contributed by atoms with Gasteiger partial charge in [-0.15, -0.1) is 23.1 Å². The molecule has 1 aromatic heterocycles. The van der Waals surface area contributed by atoms with Gasteiger partial charge in [0.05, 0.1) is 10.6 Å².